The Morgan fingerprint density at radius 3 is 2.31 bits per heavy atom. The van der Waals surface area contributed by atoms with Gasteiger partial charge in [0.1, 0.15) is 0 Å². The molecule has 0 spiro atoms. The quantitative estimate of drug-likeness (QED) is 0.716. The van der Waals surface area contributed by atoms with Crippen LogP contribution in [0.3, 0.4) is 0 Å². The number of fused-ring (bicyclic) bond motifs is 2. The fourth-order valence-corrected chi connectivity index (χ4v) is 4.59. The van der Waals surface area contributed by atoms with Gasteiger partial charge in [-0.2, -0.15) is 0 Å². The Bertz CT molecular complexity index is 941. The Balaban J connectivity index is 1.42. The molecule has 2 fully saturated rings. The van der Waals surface area contributed by atoms with Gasteiger partial charge in [-0.05, 0) is 35.4 Å². The van der Waals surface area contributed by atoms with E-state index in [1.807, 2.05) is 30.3 Å². The van der Waals surface area contributed by atoms with Crippen molar-refractivity contribution in [2.24, 2.45) is 11.8 Å². The first-order chi connectivity index (χ1) is 14.2. The first-order valence-corrected chi connectivity index (χ1v) is 9.57. The van der Waals surface area contributed by atoms with E-state index in [1.54, 1.807) is 7.11 Å². The molecule has 0 unspecified atom stereocenters. The van der Waals surface area contributed by atoms with Crippen LogP contribution in [0.4, 0.5) is 0 Å². The molecule has 2 saturated heterocycles. The highest BCUT2D eigenvalue weighted by molar-refractivity contribution is 5.81. The maximum atomic E-state index is 11.6. The van der Waals surface area contributed by atoms with Gasteiger partial charge in [-0.25, -0.2) is 0 Å². The molecule has 7 nitrogen and oxygen atoms in total. The normalized spacial score (nSPS) is 27.0. The number of hydrogen-bond acceptors (Lipinski definition) is 7. The Morgan fingerprint density at radius 1 is 0.897 bits per heavy atom. The van der Waals surface area contributed by atoms with Crippen LogP contribution in [0.15, 0.2) is 30.3 Å². The van der Waals surface area contributed by atoms with E-state index in [-0.39, 0.29) is 30.8 Å². The van der Waals surface area contributed by atoms with Gasteiger partial charge in [0, 0.05) is 11.8 Å². The lowest BCUT2D eigenvalue weighted by Crippen LogP contribution is -2.15. The van der Waals surface area contributed by atoms with Crippen molar-refractivity contribution in [1.29, 1.82) is 0 Å². The van der Waals surface area contributed by atoms with Crippen LogP contribution < -0.4 is 18.9 Å². The molecule has 0 amide bonds. The molecule has 0 N–H and O–H groups in total. The minimum atomic E-state index is -0.169. The molecule has 5 rings (SSSR count). The van der Waals surface area contributed by atoms with Crippen molar-refractivity contribution in [3.63, 3.8) is 0 Å². The predicted molar refractivity (Wildman–Crippen MR) is 102 cm³/mol. The molecule has 0 bridgehead atoms. The van der Waals surface area contributed by atoms with Crippen molar-refractivity contribution in [1.82, 2.24) is 0 Å². The molecular weight excluding hydrogens is 376 g/mol. The molecule has 29 heavy (non-hydrogen) atoms. The first kappa shape index (κ1) is 18.3. The molecule has 7 heteroatoms. The molecule has 3 aliphatic heterocycles. The summed E-state index contributed by atoms with van der Waals surface area (Å²) in [6, 6.07) is 9.63. The summed E-state index contributed by atoms with van der Waals surface area (Å²) >= 11 is 0. The highest BCUT2D eigenvalue weighted by Gasteiger charge is 2.48. The lowest BCUT2D eigenvalue weighted by molar-refractivity contribution is 0.0191. The summed E-state index contributed by atoms with van der Waals surface area (Å²) in [4.78, 5) is 11.6. The molecule has 0 aromatic heterocycles. The van der Waals surface area contributed by atoms with Gasteiger partial charge in [-0.1, -0.05) is 6.07 Å². The van der Waals surface area contributed by atoms with Crippen molar-refractivity contribution in [2.45, 2.75) is 12.2 Å². The third kappa shape index (κ3) is 2.92. The Morgan fingerprint density at radius 2 is 1.62 bits per heavy atom. The summed E-state index contributed by atoms with van der Waals surface area (Å²) < 4.78 is 34.0. The molecule has 0 radical (unpaired) electrons. The summed E-state index contributed by atoms with van der Waals surface area (Å²) in [6.45, 7) is 1.42. The fraction of sp³-hybridized carbons (Fsp3) is 0.409. The second kappa shape index (κ2) is 7.24. The number of methoxy groups -OCH3 is 2. The largest absolute Gasteiger partial charge is 0.493 e. The summed E-state index contributed by atoms with van der Waals surface area (Å²) in [5.74, 6) is 2.86. The number of benzene rings is 2. The van der Waals surface area contributed by atoms with E-state index in [0.717, 1.165) is 28.9 Å². The van der Waals surface area contributed by atoms with Crippen LogP contribution in [0.25, 0.3) is 0 Å². The van der Waals surface area contributed by atoms with Crippen molar-refractivity contribution >= 4 is 6.29 Å². The molecule has 2 aromatic rings. The van der Waals surface area contributed by atoms with Gasteiger partial charge < -0.3 is 28.4 Å². The van der Waals surface area contributed by atoms with Crippen molar-refractivity contribution in [3.05, 3.63) is 47.0 Å². The van der Waals surface area contributed by atoms with Gasteiger partial charge in [-0.15, -0.1) is 0 Å². The maximum Gasteiger partial charge on any atom is 0.231 e. The summed E-state index contributed by atoms with van der Waals surface area (Å²) in [5, 5.41) is 0. The number of ether oxygens (including phenoxy) is 6. The van der Waals surface area contributed by atoms with Crippen molar-refractivity contribution in [3.8, 4) is 23.0 Å². The van der Waals surface area contributed by atoms with Crippen LogP contribution in [-0.4, -0.2) is 40.5 Å². The monoisotopic (exact) mass is 398 g/mol. The van der Waals surface area contributed by atoms with E-state index in [2.05, 4.69) is 0 Å². The van der Waals surface area contributed by atoms with Crippen LogP contribution in [0.5, 0.6) is 23.0 Å². The zero-order valence-corrected chi connectivity index (χ0v) is 16.3. The molecule has 3 heterocycles. The molecule has 2 aromatic carbocycles. The van der Waals surface area contributed by atoms with Gasteiger partial charge in [0.2, 0.25) is 6.79 Å². The molecule has 152 valence electrons. The van der Waals surface area contributed by atoms with Crippen LogP contribution in [0.2, 0.25) is 0 Å². The van der Waals surface area contributed by atoms with Crippen molar-refractivity contribution < 1.29 is 33.2 Å². The lowest BCUT2D eigenvalue weighted by atomic mass is 9.84. The Kier molecular flexibility index (Phi) is 4.56. The highest BCUT2D eigenvalue weighted by Crippen LogP contribution is 2.52. The van der Waals surface area contributed by atoms with E-state index in [1.165, 1.54) is 7.11 Å². The zero-order valence-electron chi connectivity index (χ0n) is 16.3. The van der Waals surface area contributed by atoms with Crippen LogP contribution in [0.1, 0.15) is 33.7 Å². The van der Waals surface area contributed by atoms with E-state index in [4.69, 9.17) is 28.4 Å². The summed E-state index contributed by atoms with van der Waals surface area (Å²) in [6.07, 6.45) is 0.542. The van der Waals surface area contributed by atoms with Gasteiger partial charge in [0.05, 0.1) is 45.2 Å². The average Bonchev–Trinajstić information content (AvgIpc) is 3.47. The average molecular weight is 398 g/mol. The molecule has 0 aliphatic carbocycles. The first-order valence-electron chi connectivity index (χ1n) is 9.57. The number of carbonyl (C=O) groups is 1. The number of rotatable bonds is 5. The Hall–Kier alpha value is -2.77. The van der Waals surface area contributed by atoms with Crippen LogP contribution >= 0.6 is 0 Å². The van der Waals surface area contributed by atoms with E-state index in [9.17, 15) is 4.79 Å². The van der Waals surface area contributed by atoms with E-state index in [0.29, 0.717) is 30.3 Å². The van der Waals surface area contributed by atoms with Gasteiger partial charge in [-0.3, -0.25) is 4.79 Å². The highest BCUT2D eigenvalue weighted by atomic mass is 16.7. The summed E-state index contributed by atoms with van der Waals surface area (Å²) in [5.41, 5.74) is 2.40. The smallest absolute Gasteiger partial charge is 0.231 e. The van der Waals surface area contributed by atoms with Gasteiger partial charge in [0.15, 0.2) is 29.3 Å². The number of carbonyl (C=O) groups excluding carboxylic acids is 1. The molecular formula is C22H22O7. The topological polar surface area (TPSA) is 72.5 Å². The van der Waals surface area contributed by atoms with E-state index >= 15 is 0 Å². The van der Waals surface area contributed by atoms with Crippen LogP contribution in [0, 0.1) is 11.8 Å². The number of hydrogen-bond donors (Lipinski definition) is 0. The lowest BCUT2D eigenvalue weighted by Gasteiger charge is -2.19. The second-order valence-corrected chi connectivity index (χ2v) is 7.41. The van der Waals surface area contributed by atoms with E-state index < -0.39 is 0 Å². The molecule has 3 aliphatic rings. The van der Waals surface area contributed by atoms with Crippen LogP contribution in [-0.2, 0) is 9.47 Å². The van der Waals surface area contributed by atoms with Gasteiger partial charge in [0.25, 0.3) is 0 Å². The molecule has 4 atom stereocenters. The summed E-state index contributed by atoms with van der Waals surface area (Å²) in [7, 11) is 3.08. The third-order valence-electron chi connectivity index (χ3n) is 5.97. The minimum absolute atomic E-state index is 0.0646. The van der Waals surface area contributed by atoms with Crippen molar-refractivity contribution in [2.75, 3.05) is 34.2 Å². The minimum Gasteiger partial charge on any atom is -0.493 e. The third-order valence-corrected chi connectivity index (χ3v) is 5.97. The molecule has 0 saturated carbocycles. The van der Waals surface area contributed by atoms with Gasteiger partial charge >= 0.3 is 0 Å². The standard InChI is InChI=1S/C22H22O7/c1-24-19-7-13(5-14(8-23)22(19)25-2)21-16-10-26-20(15(16)9-27-21)12-3-4-17-18(6-12)29-11-28-17/h3-8,15-16,20-21H,9-11H2,1-2H3/t15-,16-,20+,21+/m0/s1. The maximum absolute atomic E-state index is 11.6. The number of aldehydes is 1. The SMILES string of the molecule is COc1cc([C@H]2OC[C@H]3[C@@H]2CO[C@@H]3c2ccc3c(c2)OCO3)cc(C=O)c1OC. The Labute approximate surface area is 168 Å². The second-order valence-electron chi connectivity index (χ2n) is 7.41. The predicted octanol–water partition coefficient (Wildman–Crippen LogP) is 3.32. The fourth-order valence-electron chi connectivity index (χ4n) is 4.59. The zero-order chi connectivity index (χ0) is 20.0.